The second-order valence-corrected chi connectivity index (χ2v) is 8.69. The number of piperidine rings is 1. The molecule has 6 nitrogen and oxygen atoms in total. The molecule has 180 valence electrons. The average Bonchev–Trinajstić information content (AvgIpc) is 2.89. The Morgan fingerprint density at radius 2 is 1.57 bits per heavy atom. The number of halogens is 1. The maximum absolute atomic E-state index is 13.2. The van der Waals surface area contributed by atoms with Gasteiger partial charge in [0.2, 0.25) is 11.8 Å². The van der Waals surface area contributed by atoms with E-state index in [1.807, 2.05) is 36.4 Å². The molecule has 1 saturated heterocycles. The van der Waals surface area contributed by atoms with Gasteiger partial charge in [-0.25, -0.2) is 4.39 Å². The molecule has 1 fully saturated rings. The van der Waals surface area contributed by atoms with E-state index in [0.717, 1.165) is 5.56 Å². The number of anilines is 1. The van der Waals surface area contributed by atoms with Gasteiger partial charge in [0.25, 0.3) is 5.91 Å². The van der Waals surface area contributed by atoms with Crippen molar-refractivity contribution in [2.24, 2.45) is 5.92 Å². The van der Waals surface area contributed by atoms with Crippen LogP contribution < -0.4 is 10.6 Å². The molecule has 0 bridgehead atoms. The summed E-state index contributed by atoms with van der Waals surface area (Å²) in [5.74, 6) is -1.47. The maximum Gasteiger partial charge on any atom is 0.251 e. The SMILES string of the molecule is O=C(NC(C(=O)Nc1ccccc1)c1ccccc1)C1CCCN(C(=O)Cc2ccc(F)cc2)C1. The molecule has 1 aliphatic rings. The van der Waals surface area contributed by atoms with Gasteiger partial charge in [-0.1, -0.05) is 60.7 Å². The molecular formula is C28H28FN3O3. The molecule has 35 heavy (non-hydrogen) atoms. The van der Waals surface area contributed by atoms with Gasteiger partial charge in [0.1, 0.15) is 11.9 Å². The minimum absolute atomic E-state index is 0.101. The Kier molecular flexibility index (Phi) is 7.88. The summed E-state index contributed by atoms with van der Waals surface area (Å²) < 4.78 is 13.2. The molecule has 0 saturated carbocycles. The molecule has 0 aliphatic carbocycles. The quantitative estimate of drug-likeness (QED) is 0.542. The van der Waals surface area contributed by atoms with Crippen LogP contribution >= 0.6 is 0 Å². The third-order valence-electron chi connectivity index (χ3n) is 6.14. The first-order chi connectivity index (χ1) is 17.0. The fourth-order valence-electron chi connectivity index (χ4n) is 4.25. The van der Waals surface area contributed by atoms with Gasteiger partial charge < -0.3 is 15.5 Å². The molecular weight excluding hydrogens is 445 g/mol. The fourth-order valence-corrected chi connectivity index (χ4v) is 4.25. The standard InChI is InChI=1S/C28H28FN3O3/c29-23-15-13-20(14-16-23)18-25(33)32-17-7-10-22(19-32)27(34)31-26(21-8-3-1-4-9-21)28(35)30-24-11-5-2-6-12-24/h1-6,8-9,11-16,22,26H,7,10,17-19H2,(H,30,35)(H,31,34). The molecule has 2 atom stereocenters. The highest BCUT2D eigenvalue weighted by Gasteiger charge is 2.31. The van der Waals surface area contributed by atoms with Gasteiger partial charge in [-0.15, -0.1) is 0 Å². The van der Waals surface area contributed by atoms with E-state index in [0.29, 0.717) is 30.6 Å². The molecule has 2 N–H and O–H groups in total. The van der Waals surface area contributed by atoms with Crippen molar-refractivity contribution < 1.29 is 18.8 Å². The van der Waals surface area contributed by atoms with Crippen molar-refractivity contribution in [2.45, 2.75) is 25.3 Å². The molecule has 2 unspecified atom stereocenters. The van der Waals surface area contributed by atoms with Gasteiger partial charge in [0.15, 0.2) is 0 Å². The number of carbonyl (C=O) groups is 3. The Bertz CT molecular complexity index is 1150. The van der Waals surface area contributed by atoms with Gasteiger partial charge >= 0.3 is 0 Å². The van der Waals surface area contributed by atoms with E-state index in [1.165, 1.54) is 12.1 Å². The second kappa shape index (κ2) is 11.4. The smallest absolute Gasteiger partial charge is 0.251 e. The van der Waals surface area contributed by atoms with Crippen LogP contribution in [0, 0.1) is 11.7 Å². The van der Waals surface area contributed by atoms with Crippen molar-refractivity contribution in [1.29, 1.82) is 0 Å². The monoisotopic (exact) mass is 473 g/mol. The zero-order chi connectivity index (χ0) is 24.6. The lowest BCUT2D eigenvalue weighted by Gasteiger charge is -2.33. The molecule has 4 rings (SSSR count). The predicted molar refractivity (Wildman–Crippen MR) is 132 cm³/mol. The fraction of sp³-hybridized carbons (Fsp3) is 0.250. The van der Waals surface area contributed by atoms with E-state index in [1.54, 1.807) is 41.3 Å². The summed E-state index contributed by atoms with van der Waals surface area (Å²) in [5.41, 5.74) is 2.04. The summed E-state index contributed by atoms with van der Waals surface area (Å²) in [7, 11) is 0. The number of hydrogen-bond acceptors (Lipinski definition) is 3. The van der Waals surface area contributed by atoms with Crippen LogP contribution in [0.15, 0.2) is 84.9 Å². The number of amides is 3. The molecule has 3 amide bonds. The van der Waals surface area contributed by atoms with Crippen molar-refractivity contribution in [3.63, 3.8) is 0 Å². The Labute approximate surface area is 204 Å². The predicted octanol–water partition coefficient (Wildman–Crippen LogP) is 4.10. The number of hydrogen-bond donors (Lipinski definition) is 2. The van der Waals surface area contributed by atoms with Crippen LogP contribution in [-0.2, 0) is 20.8 Å². The number of nitrogens with zero attached hydrogens (tertiary/aromatic N) is 1. The maximum atomic E-state index is 13.2. The molecule has 3 aromatic rings. The Morgan fingerprint density at radius 3 is 2.26 bits per heavy atom. The summed E-state index contributed by atoms with van der Waals surface area (Å²) in [6.07, 6.45) is 1.48. The lowest BCUT2D eigenvalue weighted by atomic mass is 9.95. The van der Waals surface area contributed by atoms with Crippen molar-refractivity contribution in [3.8, 4) is 0 Å². The van der Waals surface area contributed by atoms with E-state index >= 15 is 0 Å². The van der Waals surface area contributed by atoms with Crippen LogP contribution in [0.5, 0.6) is 0 Å². The Balaban J connectivity index is 1.42. The van der Waals surface area contributed by atoms with E-state index in [-0.39, 0.29) is 36.5 Å². The molecule has 3 aromatic carbocycles. The third-order valence-corrected chi connectivity index (χ3v) is 6.14. The highest BCUT2D eigenvalue weighted by Crippen LogP contribution is 2.21. The van der Waals surface area contributed by atoms with Crippen LogP contribution in [0.25, 0.3) is 0 Å². The van der Waals surface area contributed by atoms with Crippen molar-refractivity contribution in [1.82, 2.24) is 10.2 Å². The molecule has 0 aromatic heterocycles. The molecule has 1 heterocycles. The van der Waals surface area contributed by atoms with E-state index in [4.69, 9.17) is 0 Å². The summed E-state index contributed by atoms with van der Waals surface area (Å²) in [6, 6.07) is 23.2. The number of benzene rings is 3. The van der Waals surface area contributed by atoms with Crippen LogP contribution in [0.1, 0.15) is 30.0 Å². The Morgan fingerprint density at radius 1 is 0.914 bits per heavy atom. The van der Waals surface area contributed by atoms with Gasteiger partial charge in [-0.2, -0.15) is 0 Å². The first-order valence-corrected chi connectivity index (χ1v) is 11.7. The number of nitrogens with one attached hydrogen (secondary N) is 2. The first kappa shape index (κ1) is 24.1. The van der Waals surface area contributed by atoms with Gasteiger partial charge in [0.05, 0.1) is 12.3 Å². The van der Waals surface area contributed by atoms with Crippen molar-refractivity contribution in [2.75, 3.05) is 18.4 Å². The highest BCUT2D eigenvalue weighted by molar-refractivity contribution is 5.98. The van der Waals surface area contributed by atoms with Crippen molar-refractivity contribution >= 4 is 23.4 Å². The number of likely N-dealkylation sites (tertiary alicyclic amines) is 1. The largest absolute Gasteiger partial charge is 0.342 e. The molecule has 7 heteroatoms. The van der Waals surface area contributed by atoms with E-state index < -0.39 is 12.0 Å². The van der Waals surface area contributed by atoms with Gasteiger partial charge in [0, 0.05) is 18.8 Å². The lowest BCUT2D eigenvalue weighted by molar-refractivity contribution is -0.136. The minimum Gasteiger partial charge on any atom is -0.342 e. The Hall–Kier alpha value is -4.00. The topological polar surface area (TPSA) is 78.5 Å². The molecule has 0 spiro atoms. The first-order valence-electron chi connectivity index (χ1n) is 11.7. The zero-order valence-corrected chi connectivity index (χ0v) is 19.3. The number of para-hydroxylation sites is 1. The van der Waals surface area contributed by atoms with Crippen LogP contribution in [0.3, 0.4) is 0 Å². The summed E-state index contributed by atoms with van der Waals surface area (Å²) in [4.78, 5) is 40.8. The summed E-state index contributed by atoms with van der Waals surface area (Å²) >= 11 is 0. The minimum atomic E-state index is -0.866. The van der Waals surface area contributed by atoms with E-state index in [2.05, 4.69) is 10.6 Å². The molecule has 1 aliphatic heterocycles. The third kappa shape index (κ3) is 6.53. The summed E-state index contributed by atoms with van der Waals surface area (Å²) in [6.45, 7) is 0.855. The molecule has 0 radical (unpaired) electrons. The van der Waals surface area contributed by atoms with E-state index in [9.17, 15) is 18.8 Å². The normalized spacial score (nSPS) is 16.3. The zero-order valence-electron chi connectivity index (χ0n) is 19.3. The van der Waals surface area contributed by atoms with Crippen LogP contribution in [0.4, 0.5) is 10.1 Å². The van der Waals surface area contributed by atoms with Crippen molar-refractivity contribution in [3.05, 3.63) is 102 Å². The second-order valence-electron chi connectivity index (χ2n) is 8.69. The van der Waals surface area contributed by atoms with Crippen LogP contribution in [-0.4, -0.2) is 35.7 Å². The van der Waals surface area contributed by atoms with Gasteiger partial charge in [-0.3, -0.25) is 14.4 Å². The number of carbonyl (C=O) groups excluding carboxylic acids is 3. The van der Waals surface area contributed by atoms with Crippen LogP contribution in [0.2, 0.25) is 0 Å². The summed E-state index contributed by atoms with van der Waals surface area (Å²) in [5, 5.41) is 5.77. The lowest BCUT2D eigenvalue weighted by Crippen LogP contribution is -2.47. The average molecular weight is 474 g/mol. The van der Waals surface area contributed by atoms with Gasteiger partial charge in [-0.05, 0) is 48.2 Å². The number of rotatable bonds is 7. The highest BCUT2D eigenvalue weighted by atomic mass is 19.1.